The van der Waals surface area contributed by atoms with E-state index >= 15 is 0 Å². The van der Waals surface area contributed by atoms with E-state index in [2.05, 4.69) is 5.32 Å². The minimum Gasteiger partial charge on any atom is -0.393 e. The smallest absolute Gasteiger partial charge is 0.251 e. The molecule has 0 aliphatic heterocycles. The lowest BCUT2D eigenvalue weighted by Crippen LogP contribution is -2.37. The summed E-state index contributed by atoms with van der Waals surface area (Å²) in [5.41, 5.74) is 6.97. The van der Waals surface area contributed by atoms with E-state index < -0.39 is 0 Å². The molecule has 1 atom stereocenters. The number of nitrogens with one attached hydrogen (secondary N) is 1. The van der Waals surface area contributed by atoms with Gasteiger partial charge in [-0.3, -0.25) is 4.79 Å². The number of nitrogens with two attached hydrogens (primary N) is 1. The summed E-state index contributed by atoms with van der Waals surface area (Å²) in [5.74, 6) is -0.127. The third-order valence-electron chi connectivity index (χ3n) is 2.70. The number of carbonyl (C=O) groups is 1. The van der Waals surface area contributed by atoms with Gasteiger partial charge in [0.2, 0.25) is 0 Å². The molecule has 3 nitrogen and oxygen atoms in total. The highest BCUT2D eigenvalue weighted by atomic mass is 35.5. The maximum absolute atomic E-state index is 12.0. The average molecular weight is 285 g/mol. The number of rotatable bonds is 5. The van der Waals surface area contributed by atoms with Crippen molar-refractivity contribution in [1.82, 2.24) is 5.32 Å². The van der Waals surface area contributed by atoms with Crippen LogP contribution < -0.4 is 11.1 Å². The summed E-state index contributed by atoms with van der Waals surface area (Å²) in [6.45, 7) is 3.85. The third-order valence-corrected chi connectivity index (χ3v) is 3.29. The summed E-state index contributed by atoms with van der Waals surface area (Å²) in [5, 5.41) is 3.57. The van der Waals surface area contributed by atoms with Crippen LogP contribution in [0.4, 0.5) is 0 Å². The molecule has 0 aliphatic rings. The number of carbonyl (C=O) groups excluding carboxylic acids is 1. The van der Waals surface area contributed by atoms with E-state index in [0.717, 1.165) is 12.0 Å². The molecule has 0 aliphatic carbocycles. The van der Waals surface area contributed by atoms with Gasteiger partial charge in [-0.1, -0.05) is 30.7 Å². The number of halogens is 1. The van der Waals surface area contributed by atoms with Crippen molar-refractivity contribution in [2.75, 3.05) is 0 Å². The Balaban J connectivity index is 2.74. The first-order valence-corrected chi connectivity index (χ1v) is 6.58. The van der Waals surface area contributed by atoms with Crippen molar-refractivity contribution in [2.24, 2.45) is 5.73 Å². The normalized spacial score (nSPS) is 11.9. The molecule has 3 N–H and O–H groups in total. The number of benzene rings is 1. The Kier molecular flexibility index (Phi) is 5.56. The van der Waals surface area contributed by atoms with E-state index in [1.807, 2.05) is 13.8 Å². The number of aryl methyl sites for hydroxylation is 1. The van der Waals surface area contributed by atoms with Crippen LogP contribution in [0.1, 0.15) is 35.7 Å². The monoisotopic (exact) mass is 284 g/mol. The Labute approximate surface area is 118 Å². The topological polar surface area (TPSA) is 55.1 Å². The number of hydrogen-bond donors (Lipinski definition) is 2. The minimum atomic E-state index is -0.127. The molecular formula is C13H17ClN2OS. The summed E-state index contributed by atoms with van der Waals surface area (Å²) < 4.78 is 0. The second-order valence-corrected chi connectivity index (χ2v) is 5.14. The van der Waals surface area contributed by atoms with E-state index in [9.17, 15) is 4.79 Å². The Bertz CT molecular complexity index is 462. The predicted molar refractivity (Wildman–Crippen MR) is 79.1 cm³/mol. The van der Waals surface area contributed by atoms with Crippen LogP contribution in [0.2, 0.25) is 5.02 Å². The highest BCUT2D eigenvalue weighted by Crippen LogP contribution is 2.16. The van der Waals surface area contributed by atoms with E-state index in [1.165, 1.54) is 0 Å². The highest BCUT2D eigenvalue weighted by molar-refractivity contribution is 7.80. The standard InChI is InChI=1S/C13H17ClN2OS/c1-3-10(7-12(15)18)16-13(17)9-4-5-11(14)8(2)6-9/h4-6,10H,3,7H2,1-2H3,(H2,15,18)(H,16,17). The molecule has 1 amide bonds. The van der Waals surface area contributed by atoms with Crippen molar-refractivity contribution in [2.45, 2.75) is 32.7 Å². The molecule has 1 aromatic rings. The number of amides is 1. The largest absolute Gasteiger partial charge is 0.393 e. The van der Waals surface area contributed by atoms with Crippen LogP contribution in [0.5, 0.6) is 0 Å². The molecule has 18 heavy (non-hydrogen) atoms. The fourth-order valence-corrected chi connectivity index (χ4v) is 1.91. The second kappa shape index (κ2) is 6.71. The molecule has 0 heterocycles. The lowest BCUT2D eigenvalue weighted by atomic mass is 10.1. The summed E-state index contributed by atoms with van der Waals surface area (Å²) in [7, 11) is 0. The van der Waals surface area contributed by atoms with E-state index in [1.54, 1.807) is 18.2 Å². The molecule has 98 valence electrons. The Morgan fingerprint density at radius 1 is 1.56 bits per heavy atom. The highest BCUT2D eigenvalue weighted by Gasteiger charge is 2.13. The molecule has 1 aromatic carbocycles. The molecule has 0 radical (unpaired) electrons. The van der Waals surface area contributed by atoms with E-state index in [-0.39, 0.29) is 11.9 Å². The summed E-state index contributed by atoms with van der Waals surface area (Å²) in [6, 6.07) is 5.18. The first-order chi connectivity index (χ1) is 8.43. The van der Waals surface area contributed by atoms with Gasteiger partial charge in [0.25, 0.3) is 5.91 Å². The van der Waals surface area contributed by atoms with Crippen LogP contribution in [0.25, 0.3) is 0 Å². The van der Waals surface area contributed by atoms with Crippen molar-refractivity contribution in [1.29, 1.82) is 0 Å². The molecule has 0 spiro atoms. The number of thiocarbonyl (C=S) groups is 1. The zero-order valence-corrected chi connectivity index (χ0v) is 12.1. The molecule has 0 saturated heterocycles. The quantitative estimate of drug-likeness (QED) is 0.818. The Morgan fingerprint density at radius 2 is 2.22 bits per heavy atom. The van der Waals surface area contributed by atoms with Crippen molar-refractivity contribution in [3.8, 4) is 0 Å². The van der Waals surface area contributed by atoms with Gasteiger partial charge in [-0.15, -0.1) is 0 Å². The summed E-state index contributed by atoms with van der Waals surface area (Å²) >= 11 is 10.8. The second-order valence-electron chi connectivity index (χ2n) is 4.21. The summed E-state index contributed by atoms with van der Waals surface area (Å²) in [4.78, 5) is 12.4. The van der Waals surface area contributed by atoms with Gasteiger partial charge in [0.05, 0.1) is 4.99 Å². The molecule has 1 unspecified atom stereocenters. The van der Waals surface area contributed by atoms with Crippen molar-refractivity contribution >= 4 is 34.7 Å². The molecule has 0 fully saturated rings. The lowest BCUT2D eigenvalue weighted by Gasteiger charge is -2.16. The van der Waals surface area contributed by atoms with Crippen molar-refractivity contribution < 1.29 is 4.79 Å². The van der Waals surface area contributed by atoms with Gasteiger partial charge in [0, 0.05) is 23.0 Å². The first-order valence-electron chi connectivity index (χ1n) is 5.79. The van der Waals surface area contributed by atoms with Gasteiger partial charge in [-0.25, -0.2) is 0 Å². The van der Waals surface area contributed by atoms with Gasteiger partial charge in [0.15, 0.2) is 0 Å². The van der Waals surface area contributed by atoms with Gasteiger partial charge >= 0.3 is 0 Å². The van der Waals surface area contributed by atoms with Gasteiger partial charge in [0.1, 0.15) is 0 Å². The van der Waals surface area contributed by atoms with Crippen molar-refractivity contribution in [3.63, 3.8) is 0 Å². The van der Waals surface area contributed by atoms with Gasteiger partial charge < -0.3 is 11.1 Å². The first kappa shape index (κ1) is 14.9. The molecule has 0 saturated carbocycles. The predicted octanol–water partition coefficient (Wildman–Crippen LogP) is 2.83. The zero-order valence-electron chi connectivity index (χ0n) is 10.5. The van der Waals surface area contributed by atoms with Crippen molar-refractivity contribution in [3.05, 3.63) is 34.3 Å². The Hall–Kier alpha value is -1.13. The summed E-state index contributed by atoms with van der Waals surface area (Å²) in [6.07, 6.45) is 1.31. The molecule has 0 aromatic heterocycles. The van der Waals surface area contributed by atoms with Crippen LogP contribution >= 0.6 is 23.8 Å². The van der Waals surface area contributed by atoms with Crippen LogP contribution in [-0.4, -0.2) is 16.9 Å². The Morgan fingerprint density at radius 3 is 2.72 bits per heavy atom. The molecule has 0 bridgehead atoms. The van der Waals surface area contributed by atoms with Crippen LogP contribution in [0.3, 0.4) is 0 Å². The maximum atomic E-state index is 12.0. The van der Waals surface area contributed by atoms with E-state index in [4.69, 9.17) is 29.6 Å². The van der Waals surface area contributed by atoms with E-state index in [0.29, 0.717) is 22.0 Å². The third kappa shape index (κ3) is 4.27. The minimum absolute atomic E-state index is 0.0222. The van der Waals surface area contributed by atoms with Gasteiger partial charge in [-0.05, 0) is 37.1 Å². The average Bonchev–Trinajstić information content (AvgIpc) is 2.31. The SMILES string of the molecule is CCC(CC(N)=S)NC(=O)c1ccc(Cl)c(C)c1. The number of hydrogen-bond acceptors (Lipinski definition) is 2. The zero-order chi connectivity index (χ0) is 13.7. The lowest BCUT2D eigenvalue weighted by molar-refractivity contribution is 0.0937. The molecule has 5 heteroatoms. The molecular weight excluding hydrogens is 268 g/mol. The fraction of sp³-hybridized carbons (Fsp3) is 0.385. The van der Waals surface area contributed by atoms with Crippen LogP contribution in [0, 0.1) is 6.92 Å². The maximum Gasteiger partial charge on any atom is 0.251 e. The fourth-order valence-electron chi connectivity index (χ4n) is 1.59. The van der Waals surface area contributed by atoms with Crippen LogP contribution in [-0.2, 0) is 0 Å². The van der Waals surface area contributed by atoms with Gasteiger partial charge in [-0.2, -0.15) is 0 Å². The molecule has 1 rings (SSSR count). The van der Waals surface area contributed by atoms with Crippen LogP contribution in [0.15, 0.2) is 18.2 Å².